The first-order valence-corrected chi connectivity index (χ1v) is 8.66. The molecule has 27 heavy (non-hydrogen) atoms. The molecule has 1 aliphatic carbocycles. The highest BCUT2D eigenvalue weighted by Gasteiger charge is 2.21. The predicted octanol–water partition coefficient (Wildman–Crippen LogP) is 4.13. The van der Waals surface area contributed by atoms with Crippen LogP contribution in [0.1, 0.15) is 31.8 Å². The molecule has 0 heterocycles. The van der Waals surface area contributed by atoms with E-state index in [0.717, 1.165) is 29.7 Å². The monoisotopic (exact) mass is 364 g/mol. The molecule has 0 radical (unpaired) electrons. The Morgan fingerprint density at radius 3 is 2.56 bits per heavy atom. The summed E-state index contributed by atoms with van der Waals surface area (Å²) in [6, 6.07) is 13.2. The third-order valence-electron chi connectivity index (χ3n) is 4.89. The van der Waals surface area contributed by atoms with Gasteiger partial charge in [0.25, 0.3) is 0 Å². The highest BCUT2D eigenvalue weighted by molar-refractivity contribution is 6.08. The van der Waals surface area contributed by atoms with Crippen LogP contribution in [0.3, 0.4) is 0 Å². The molecule has 3 aromatic carbocycles. The lowest BCUT2D eigenvalue weighted by molar-refractivity contribution is 0.0476. The van der Waals surface area contributed by atoms with Gasteiger partial charge in [0.2, 0.25) is 5.78 Å². The molecule has 0 aliphatic heterocycles. The summed E-state index contributed by atoms with van der Waals surface area (Å²) in [6.07, 6.45) is 1.92. The summed E-state index contributed by atoms with van der Waals surface area (Å²) < 4.78 is 23.7. The molecule has 0 aromatic heterocycles. The Bertz CT molecular complexity index is 1060. The van der Waals surface area contributed by atoms with E-state index in [0.29, 0.717) is 5.56 Å². The van der Waals surface area contributed by atoms with Crippen molar-refractivity contribution < 1.29 is 23.5 Å². The van der Waals surface area contributed by atoms with Crippen molar-refractivity contribution in [2.24, 2.45) is 0 Å². The van der Waals surface area contributed by atoms with Gasteiger partial charge in [-0.3, -0.25) is 4.79 Å². The number of ether oxygens (including phenoxy) is 2. The van der Waals surface area contributed by atoms with Gasteiger partial charge < -0.3 is 9.47 Å². The summed E-state index contributed by atoms with van der Waals surface area (Å²) in [5.41, 5.74) is 2.91. The van der Waals surface area contributed by atoms with E-state index in [2.05, 4.69) is 6.07 Å². The third kappa shape index (κ3) is 3.05. The first-order chi connectivity index (χ1) is 13.1. The van der Waals surface area contributed by atoms with Gasteiger partial charge in [0.05, 0.1) is 18.2 Å². The summed E-state index contributed by atoms with van der Waals surface area (Å²) in [4.78, 5) is 24.9. The molecule has 0 spiro atoms. The minimum atomic E-state index is -0.575. The molecule has 4 rings (SSSR count). The van der Waals surface area contributed by atoms with Crippen LogP contribution in [0.25, 0.3) is 10.8 Å². The number of ketones is 1. The number of carbonyl (C=O) groups excluding carboxylic acids is 2. The van der Waals surface area contributed by atoms with E-state index in [4.69, 9.17) is 9.47 Å². The maximum absolute atomic E-state index is 13.4. The molecule has 0 unspecified atom stereocenters. The standard InChI is InChI=1S/C22H17FO4/c1-26-20-10-8-15(23)11-18(20)19(24)12-27-22(25)17-9-7-14-6-5-13-3-2-4-16(17)21(13)14/h2-4,7-11H,5-6,12H2,1H3. The summed E-state index contributed by atoms with van der Waals surface area (Å²) in [5, 5.41) is 1.94. The molecule has 0 N–H and O–H groups in total. The fourth-order valence-electron chi connectivity index (χ4n) is 3.61. The zero-order chi connectivity index (χ0) is 19.0. The summed E-state index contributed by atoms with van der Waals surface area (Å²) in [7, 11) is 1.39. The molecule has 0 amide bonds. The molecule has 3 aromatic rings. The van der Waals surface area contributed by atoms with Crippen LogP contribution in [0.2, 0.25) is 0 Å². The molecule has 0 saturated carbocycles. The van der Waals surface area contributed by atoms with Crippen LogP contribution in [0.4, 0.5) is 4.39 Å². The molecule has 0 saturated heterocycles. The minimum absolute atomic E-state index is 0.0470. The maximum atomic E-state index is 13.4. The summed E-state index contributed by atoms with van der Waals surface area (Å²) in [5.74, 6) is -1.42. The second-order valence-electron chi connectivity index (χ2n) is 6.46. The number of benzene rings is 3. The number of halogens is 1. The summed E-state index contributed by atoms with van der Waals surface area (Å²) >= 11 is 0. The van der Waals surface area contributed by atoms with Crippen molar-refractivity contribution in [2.45, 2.75) is 12.8 Å². The van der Waals surface area contributed by atoms with Crippen molar-refractivity contribution in [1.82, 2.24) is 0 Å². The Morgan fingerprint density at radius 2 is 1.78 bits per heavy atom. The van der Waals surface area contributed by atoms with Gasteiger partial charge in [0, 0.05) is 0 Å². The van der Waals surface area contributed by atoms with Crippen LogP contribution in [-0.4, -0.2) is 25.5 Å². The molecule has 0 atom stereocenters. The van der Waals surface area contributed by atoms with Gasteiger partial charge in [0.1, 0.15) is 11.6 Å². The Kier molecular flexibility index (Phi) is 4.36. The van der Waals surface area contributed by atoms with Crippen LogP contribution in [-0.2, 0) is 17.6 Å². The summed E-state index contributed by atoms with van der Waals surface area (Å²) in [6.45, 7) is -0.485. The number of carbonyl (C=O) groups is 2. The quantitative estimate of drug-likeness (QED) is 0.505. The van der Waals surface area contributed by atoms with E-state index in [9.17, 15) is 14.0 Å². The van der Waals surface area contributed by atoms with Gasteiger partial charge in [-0.05, 0) is 59.0 Å². The third-order valence-corrected chi connectivity index (χ3v) is 4.89. The van der Waals surface area contributed by atoms with Crippen molar-refractivity contribution in [1.29, 1.82) is 0 Å². The Hall–Kier alpha value is -3.21. The molecular formula is C22H17FO4. The van der Waals surface area contributed by atoms with Gasteiger partial charge >= 0.3 is 5.97 Å². The molecule has 5 heteroatoms. The van der Waals surface area contributed by atoms with Crippen LogP contribution in [0.15, 0.2) is 48.5 Å². The fraction of sp³-hybridized carbons (Fsp3) is 0.182. The van der Waals surface area contributed by atoms with E-state index < -0.39 is 24.2 Å². The number of hydrogen-bond donors (Lipinski definition) is 0. The second-order valence-corrected chi connectivity index (χ2v) is 6.46. The van der Waals surface area contributed by atoms with Gasteiger partial charge in [-0.25, -0.2) is 9.18 Å². The fourth-order valence-corrected chi connectivity index (χ4v) is 3.61. The van der Waals surface area contributed by atoms with Crippen molar-refractivity contribution in [3.05, 3.63) is 76.6 Å². The zero-order valence-corrected chi connectivity index (χ0v) is 14.8. The highest BCUT2D eigenvalue weighted by Crippen LogP contribution is 2.33. The number of Topliss-reactive ketones (excluding diaryl/α,β-unsaturated/α-hetero) is 1. The van der Waals surface area contributed by atoms with Crippen molar-refractivity contribution >= 4 is 22.5 Å². The first kappa shape index (κ1) is 17.2. The molecular weight excluding hydrogens is 347 g/mol. The Morgan fingerprint density at radius 1 is 1.00 bits per heavy atom. The van der Waals surface area contributed by atoms with E-state index >= 15 is 0 Å². The average molecular weight is 364 g/mol. The van der Waals surface area contributed by atoms with Crippen LogP contribution in [0.5, 0.6) is 5.75 Å². The lowest BCUT2D eigenvalue weighted by Gasteiger charge is -2.10. The number of rotatable bonds is 5. The number of methoxy groups -OCH3 is 1. The van der Waals surface area contributed by atoms with Crippen LogP contribution in [0, 0.1) is 5.82 Å². The Labute approximate surface area is 155 Å². The lowest BCUT2D eigenvalue weighted by Crippen LogP contribution is -2.15. The molecule has 1 aliphatic rings. The molecule has 0 bridgehead atoms. The van der Waals surface area contributed by atoms with Crippen LogP contribution < -0.4 is 4.74 Å². The SMILES string of the molecule is COc1ccc(F)cc1C(=O)COC(=O)c1ccc2c3c(cccc13)CC2. The van der Waals surface area contributed by atoms with Crippen molar-refractivity contribution in [3.8, 4) is 5.75 Å². The maximum Gasteiger partial charge on any atom is 0.339 e. The van der Waals surface area contributed by atoms with E-state index in [1.54, 1.807) is 6.07 Å². The smallest absolute Gasteiger partial charge is 0.339 e. The van der Waals surface area contributed by atoms with Gasteiger partial charge in [-0.1, -0.05) is 24.3 Å². The number of aryl methyl sites for hydroxylation is 2. The van der Waals surface area contributed by atoms with E-state index in [1.165, 1.54) is 30.4 Å². The predicted molar refractivity (Wildman–Crippen MR) is 98.9 cm³/mol. The molecule has 4 nitrogen and oxygen atoms in total. The first-order valence-electron chi connectivity index (χ1n) is 8.66. The highest BCUT2D eigenvalue weighted by atomic mass is 19.1. The van der Waals surface area contributed by atoms with E-state index in [-0.39, 0.29) is 11.3 Å². The van der Waals surface area contributed by atoms with E-state index in [1.807, 2.05) is 18.2 Å². The van der Waals surface area contributed by atoms with Crippen LogP contribution >= 0.6 is 0 Å². The minimum Gasteiger partial charge on any atom is -0.496 e. The van der Waals surface area contributed by atoms with Gasteiger partial charge in [-0.2, -0.15) is 0 Å². The average Bonchev–Trinajstić information content (AvgIpc) is 3.11. The van der Waals surface area contributed by atoms with Gasteiger partial charge in [0.15, 0.2) is 6.61 Å². The normalized spacial score (nSPS) is 12.2. The number of esters is 1. The topological polar surface area (TPSA) is 52.6 Å². The molecule has 0 fully saturated rings. The molecule has 136 valence electrons. The lowest BCUT2D eigenvalue weighted by atomic mass is 10.00. The largest absolute Gasteiger partial charge is 0.496 e. The van der Waals surface area contributed by atoms with Gasteiger partial charge in [-0.15, -0.1) is 0 Å². The van der Waals surface area contributed by atoms with Crippen molar-refractivity contribution in [3.63, 3.8) is 0 Å². The number of hydrogen-bond acceptors (Lipinski definition) is 4. The zero-order valence-electron chi connectivity index (χ0n) is 14.8. The Balaban J connectivity index is 1.57. The van der Waals surface area contributed by atoms with Crippen molar-refractivity contribution in [2.75, 3.05) is 13.7 Å². The second kappa shape index (κ2) is 6.83.